The maximum absolute atomic E-state index is 13.1. The fourth-order valence-corrected chi connectivity index (χ4v) is 1.65. The number of nitrogens with two attached hydrogens (primary N) is 1. The summed E-state index contributed by atoms with van der Waals surface area (Å²) >= 11 is 0. The number of halogens is 1. The molecule has 0 fully saturated rings. The molecular formula is C13H13FN2. The third-order valence-electron chi connectivity index (χ3n) is 2.49. The number of hydrogen-bond acceptors (Lipinski definition) is 2. The van der Waals surface area contributed by atoms with Crippen LogP contribution in [0.4, 0.5) is 4.39 Å². The van der Waals surface area contributed by atoms with E-state index in [0.29, 0.717) is 0 Å². The lowest BCUT2D eigenvalue weighted by Gasteiger charge is -2.12. The minimum atomic E-state index is -0.308. The van der Waals surface area contributed by atoms with E-state index in [1.54, 1.807) is 12.3 Å². The molecule has 1 aromatic heterocycles. The van der Waals surface area contributed by atoms with E-state index >= 15 is 0 Å². The zero-order valence-electron chi connectivity index (χ0n) is 9.02. The second-order valence-electron chi connectivity index (χ2n) is 3.76. The summed E-state index contributed by atoms with van der Waals surface area (Å²) in [5.41, 5.74) is 8.68. The first kappa shape index (κ1) is 10.8. The fourth-order valence-electron chi connectivity index (χ4n) is 1.65. The van der Waals surface area contributed by atoms with Gasteiger partial charge in [0.1, 0.15) is 5.82 Å². The minimum Gasteiger partial charge on any atom is -0.320 e. The van der Waals surface area contributed by atoms with Crippen molar-refractivity contribution in [1.29, 1.82) is 0 Å². The summed E-state index contributed by atoms with van der Waals surface area (Å²) in [5, 5.41) is 0. The summed E-state index contributed by atoms with van der Waals surface area (Å²) < 4.78 is 13.1. The Morgan fingerprint density at radius 3 is 2.62 bits per heavy atom. The van der Waals surface area contributed by atoms with Crippen LogP contribution in [0.15, 0.2) is 42.6 Å². The summed E-state index contributed by atoms with van der Waals surface area (Å²) in [4.78, 5) is 4.10. The Morgan fingerprint density at radius 1 is 1.19 bits per heavy atom. The Bertz CT molecular complexity index is 451. The standard InChI is InChI=1S/C13H13FN2/c1-9-7-11(5-6-16-9)13(15)10-3-2-4-12(14)8-10/h2-8,13H,15H2,1H3. The molecule has 82 valence electrons. The van der Waals surface area contributed by atoms with Gasteiger partial charge in [0.15, 0.2) is 0 Å². The van der Waals surface area contributed by atoms with Crippen molar-refractivity contribution in [3.8, 4) is 0 Å². The molecule has 1 unspecified atom stereocenters. The minimum absolute atomic E-state index is 0.265. The van der Waals surface area contributed by atoms with Crippen LogP contribution in [-0.2, 0) is 0 Å². The number of benzene rings is 1. The van der Waals surface area contributed by atoms with E-state index in [-0.39, 0.29) is 11.9 Å². The van der Waals surface area contributed by atoms with E-state index in [0.717, 1.165) is 16.8 Å². The molecule has 1 aromatic carbocycles. The highest BCUT2D eigenvalue weighted by atomic mass is 19.1. The van der Waals surface area contributed by atoms with Crippen LogP contribution in [0.5, 0.6) is 0 Å². The SMILES string of the molecule is Cc1cc(C(N)c2cccc(F)c2)ccn1. The van der Waals surface area contributed by atoms with E-state index in [4.69, 9.17) is 5.73 Å². The average molecular weight is 216 g/mol. The van der Waals surface area contributed by atoms with Crippen LogP contribution >= 0.6 is 0 Å². The molecule has 0 bridgehead atoms. The Labute approximate surface area is 93.9 Å². The summed E-state index contributed by atoms with van der Waals surface area (Å²) in [6.07, 6.45) is 1.71. The van der Waals surface area contributed by atoms with E-state index in [2.05, 4.69) is 4.98 Å². The van der Waals surface area contributed by atoms with Crippen LogP contribution in [0.25, 0.3) is 0 Å². The van der Waals surface area contributed by atoms with E-state index in [1.807, 2.05) is 25.1 Å². The van der Waals surface area contributed by atoms with Gasteiger partial charge in [0.2, 0.25) is 0 Å². The van der Waals surface area contributed by atoms with Gasteiger partial charge in [-0.1, -0.05) is 12.1 Å². The molecule has 2 nitrogen and oxygen atoms in total. The van der Waals surface area contributed by atoms with Crippen molar-refractivity contribution in [2.45, 2.75) is 13.0 Å². The molecule has 1 atom stereocenters. The van der Waals surface area contributed by atoms with Crippen molar-refractivity contribution < 1.29 is 4.39 Å². The molecule has 0 saturated carbocycles. The highest BCUT2D eigenvalue weighted by molar-refractivity contribution is 5.31. The monoisotopic (exact) mass is 216 g/mol. The summed E-state index contributed by atoms with van der Waals surface area (Å²) in [6, 6.07) is 9.81. The number of aromatic nitrogens is 1. The largest absolute Gasteiger partial charge is 0.320 e. The number of pyridine rings is 1. The van der Waals surface area contributed by atoms with Gasteiger partial charge in [-0.05, 0) is 42.3 Å². The van der Waals surface area contributed by atoms with E-state index < -0.39 is 0 Å². The topological polar surface area (TPSA) is 38.9 Å². The van der Waals surface area contributed by atoms with Gasteiger partial charge in [-0.2, -0.15) is 0 Å². The fraction of sp³-hybridized carbons (Fsp3) is 0.154. The van der Waals surface area contributed by atoms with Gasteiger partial charge in [-0.3, -0.25) is 4.98 Å². The molecular weight excluding hydrogens is 203 g/mol. The smallest absolute Gasteiger partial charge is 0.123 e. The summed E-state index contributed by atoms with van der Waals surface area (Å²) in [7, 11) is 0. The quantitative estimate of drug-likeness (QED) is 0.838. The molecule has 0 radical (unpaired) electrons. The number of rotatable bonds is 2. The van der Waals surface area contributed by atoms with Crippen molar-refractivity contribution in [2.24, 2.45) is 5.73 Å². The maximum atomic E-state index is 13.1. The molecule has 0 saturated heterocycles. The third kappa shape index (κ3) is 2.25. The molecule has 2 rings (SSSR count). The second kappa shape index (κ2) is 4.41. The van der Waals surface area contributed by atoms with Gasteiger partial charge in [0.25, 0.3) is 0 Å². The van der Waals surface area contributed by atoms with Crippen LogP contribution in [-0.4, -0.2) is 4.98 Å². The highest BCUT2D eigenvalue weighted by Gasteiger charge is 2.09. The van der Waals surface area contributed by atoms with Crippen molar-refractivity contribution in [3.05, 3.63) is 65.2 Å². The number of aryl methyl sites for hydroxylation is 1. The molecule has 0 aliphatic carbocycles. The first-order chi connectivity index (χ1) is 7.66. The van der Waals surface area contributed by atoms with Crippen molar-refractivity contribution >= 4 is 0 Å². The predicted molar refractivity (Wildman–Crippen MR) is 61.4 cm³/mol. The normalized spacial score (nSPS) is 12.4. The lowest BCUT2D eigenvalue weighted by Crippen LogP contribution is -2.12. The summed E-state index contributed by atoms with van der Waals surface area (Å²) in [6.45, 7) is 1.90. The van der Waals surface area contributed by atoms with Gasteiger partial charge >= 0.3 is 0 Å². The molecule has 1 heterocycles. The maximum Gasteiger partial charge on any atom is 0.123 e. The molecule has 16 heavy (non-hydrogen) atoms. The first-order valence-electron chi connectivity index (χ1n) is 5.10. The third-order valence-corrected chi connectivity index (χ3v) is 2.49. The van der Waals surface area contributed by atoms with Crippen molar-refractivity contribution in [3.63, 3.8) is 0 Å². The van der Waals surface area contributed by atoms with Crippen LogP contribution in [0, 0.1) is 12.7 Å². The molecule has 0 aliphatic heterocycles. The molecule has 0 amide bonds. The number of nitrogens with zero attached hydrogens (tertiary/aromatic N) is 1. The van der Waals surface area contributed by atoms with Crippen molar-refractivity contribution in [2.75, 3.05) is 0 Å². The van der Waals surface area contributed by atoms with Crippen LogP contribution in [0.1, 0.15) is 22.9 Å². The van der Waals surface area contributed by atoms with Gasteiger partial charge in [0, 0.05) is 11.9 Å². The predicted octanol–water partition coefficient (Wildman–Crippen LogP) is 2.58. The van der Waals surface area contributed by atoms with Crippen LogP contribution in [0.3, 0.4) is 0 Å². The van der Waals surface area contributed by atoms with Gasteiger partial charge in [-0.25, -0.2) is 4.39 Å². The van der Waals surface area contributed by atoms with E-state index in [1.165, 1.54) is 12.1 Å². The van der Waals surface area contributed by atoms with Gasteiger partial charge in [-0.15, -0.1) is 0 Å². The Morgan fingerprint density at radius 2 is 1.94 bits per heavy atom. The molecule has 0 spiro atoms. The average Bonchev–Trinajstić information content (AvgIpc) is 2.28. The van der Waals surface area contributed by atoms with Crippen molar-refractivity contribution in [1.82, 2.24) is 4.98 Å². The van der Waals surface area contributed by atoms with Gasteiger partial charge < -0.3 is 5.73 Å². The summed E-state index contributed by atoms with van der Waals surface area (Å²) in [5.74, 6) is -0.265. The Balaban J connectivity index is 2.35. The molecule has 0 aliphatic rings. The zero-order valence-corrected chi connectivity index (χ0v) is 9.02. The lowest BCUT2D eigenvalue weighted by molar-refractivity contribution is 0.623. The molecule has 3 heteroatoms. The Kier molecular flexibility index (Phi) is 2.97. The van der Waals surface area contributed by atoms with Gasteiger partial charge in [0.05, 0.1) is 6.04 Å². The second-order valence-corrected chi connectivity index (χ2v) is 3.76. The zero-order chi connectivity index (χ0) is 11.5. The number of hydrogen-bond donors (Lipinski definition) is 1. The van der Waals surface area contributed by atoms with Crippen LogP contribution < -0.4 is 5.73 Å². The Hall–Kier alpha value is -1.74. The van der Waals surface area contributed by atoms with Crippen LogP contribution in [0.2, 0.25) is 0 Å². The molecule has 2 aromatic rings. The van der Waals surface area contributed by atoms with E-state index in [9.17, 15) is 4.39 Å². The lowest BCUT2D eigenvalue weighted by atomic mass is 10.00. The first-order valence-corrected chi connectivity index (χ1v) is 5.10. The highest BCUT2D eigenvalue weighted by Crippen LogP contribution is 2.20. The molecule has 2 N–H and O–H groups in total.